The number of furan rings is 1. The number of rotatable bonds is 7. The standard InChI is InChI=1S/C17H18O6/c1-11(2)22-17(19)15-7-5-13(23-15)10-21-14-6-4-12(9-18)8-16(14)20-3/h4-9,11H,10H2,1-3H3. The molecule has 6 nitrogen and oxygen atoms in total. The molecule has 0 amide bonds. The van der Waals surface area contributed by atoms with Crippen LogP contribution in [0.1, 0.15) is 40.5 Å². The number of hydrogen-bond donors (Lipinski definition) is 0. The summed E-state index contributed by atoms with van der Waals surface area (Å²) in [6.07, 6.45) is 0.513. The van der Waals surface area contributed by atoms with Gasteiger partial charge in [0.25, 0.3) is 0 Å². The van der Waals surface area contributed by atoms with E-state index in [1.54, 1.807) is 38.1 Å². The lowest BCUT2D eigenvalue weighted by atomic mass is 10.2. The normalized spacial score (nSPS) is 10.4. The van der Waals surface area contributed by atoms with Crippen molar-refractivity contribution in [2.24, 2.45) is 0 Å². The average Bonchev–Trinajstić information content (AvgIpc) is 3.01. The summed E-state index contributed by atoms with van der Waals surface area (Å²) in [5.74, 6) is 1.00. The fourth-order valence-corrected chi connectivity index (χ4v) is 1.86. The Balaban J connectivity index is 2.03. The van der Waals surface area contributed by atoms with E-state index in [1.807, 2.05) is 0 Å². The minimum Gasteiger partial charge on any atom is -0.493 e. The summed E-state index contributed by atoms with van der Waals surface area (Å²) in [6.45, 7) is 3.64. The van der Waals surface area contributed by atoms with Crippen LogP contribution < -0.4 is 9.47 Å². The molecule has 0 saturated carbocycles. The quantitative estimate of drug-likeness (QED) is 0.576. The lowest BCUT2D eigenvalue weighted by Crippen LogP contribution is -2.10. The molecule has 0 atom stereocenters. The molecule has 0 unspecified atom stereocenters. The van der Waals surface area contributed by atoms with Gasteiger partial charge in [-0.2, -0.15) is 0 Å². The van der Waals surface area contributed by atoms with Gasteiger partial charge < -0.3 is 18.6 Å². The first-order valence-corrected chi connectivity index (χ1v) is 7.09. The van der Waals surface area contributed by atoms with E-state index in [1.165, 1.54) is 13.2 Å². The van der Waals surface area contributed by atoms with Gasteiger partial charge in [-0.25, -0.2) is 4.79 Å². The first kappa shape index (κ1) is 16.6. The minimum absolute atomic E-state index is 0.117. The lowest BCUT2D eigenvalue weighted by molar-refractivity contribution is 0.0337. The van der Waals surface area contributed by atoms with Crippen molar-refractivity contribution in [2.75, 3.05) is 7.11 Å². The van der Waals surface area contributed by atoms with Gasteiger partial charge >= 0.3 is 5.97 Å². The predicted octanol–water partition coefficient (Wildman–Crippen LogP) is 3.24. The summed E-state index contributed by atoms with van der Waals surface area (Å²) in [5, 5.41) is 0. The van der Waals surface area contributed by atoms with Gasteiger partial charge in [-0.05, 0) is 44.2 Å². The maximum atomic E-state index is 11.7. The second-order valence-electron chi connectivity index (χ2n) is 5.04. The van der Waals surface area contributed by atoms with Crippen LogP contribution in [0.2, 0.25) is 0 Å². The molecular weight excluding hydrogens is 300 g/mol. The highest BCUT2D eigenvalue weighted by molar-refractivity contribution is 5.86. The molecule has 1 aromatic heterocycles. The van der Waals surface area contributed by atoms with Crippen LogP contribution >= 0.6 is 0 Å². The number of aldehydes is 1. The molecule has 0 radical (unpaired) electrons. The zero-order valence-corrected chi connectivity index (χ0v) is 13.2. The Morgan fingerprint density at radius 1 is 1.22 bits per heavy atom. The summed E-state index contributed by atoms with van der Waals surface area (Å²) < 4.78 is 21.2. The Kier molecular flexibility index (Phi) is 5.41. The molecule has 1 aromatic carbocycles. The van der Waals surface area contributed by atoms with Crippen LogP contribution in [0, 0.1) is 0 Å². The Morgan fingerprint density at radius 2 is 2.00 bits per heavy atom. The summed E-state index contributed by atoms with van der Waals surface area (Å²) in [5.41, 5.74) is 0.492. The largest absolute Gasteiger partial charge is 0.493 e. The van der Waals surface area contributed by atoms with Gasteiger partial charge in [0.15, 0.2) is 11.5 Å². The fraction of sp³-hybridized carbons (Fsp3) is 0.294. The van der Waals surface area contributed by atoms with Crippen molar-refractivity contribution < 1.29 is 28.2 Å². The van der Waals surface area contributed by atoms with Gasteiger partial charge in [-0.3, -0.25) is 4.79 Å². The van der Waals surface area contributed by atoms with Crippen LogP contribution in [0.15, 0.2) is 34.7 Å². The zero-order valence-electron chi connectivity index (χ0n) is 13.2. The number of carbonyl (C=O) groups is 2. The highest BCUT2D eigenvalue weighted by atomic mass is 16.6. The molecule has 2 aromatic rings. The number of benzene rings is 1. The van der Waals surface area contributed by atoms with Crippen molar-refractivity contribution in [2.45, 2.75) is 26.6 Å². The van der Waals surface area contributed by atoms with Crippen LogP contribution in [0.5, 0.6) is 11.5 Å². The maximum absolute atomic E-state index is 11.7. The van der Waals surface area contributed by atoms with Crippen LogP contribution in [0.25, 0.3) is 0 Å². The third-order valence-electron chi connectivity index (χ3n) is 2.90. The SMILES string of the molecule is COc1cc(C=O)ccc1OCc1ccc(C(=O)OC(C)C)o1. The maximum Gasteiger partial charge on any atom is 0.374 e. The molecule has 0 aliphatic heterocycles. The molecule has 1 heterocycles. The molecule has 2 rings (SSSR count). The van der Waals surface area contributed by atoms with E-state index in [4.69, 9.17) is 18.6 Å². The molecule has 0 N–H and O–H groups in total. The van der Waals surface area contributed by atoms with Gasteiger partial charge in [0.2, 0.25) is 5.76 Å². The molecular formula is C17H18O6. The van der Waals surface area contributed by atoms with Gasteiger partial charge in [0.1, 0.15) is 18.7 Å². The minimum atomic E-state index is -0.515. The Labute approximate surface area is 134 Å². The average molecular weight is 318 g/mol. The molecule has 0 fully saturated rings. The molecule has 0 saturated heterocycles. The van der Waals surface area contributed by atoms with E-state index in [0.717, 1.165) is 6.29 Å². The van der Waals surface area contributed by atoms with E-state index in [0.29, 0.717) is 22.8 Å². The van der Waals surface area contributed by atoms with E-state index < -0.39 is 5.97 Å². The molecule has 122 valence electrons. The van der Waals surface area contributed by atoms with Gasteiger partial charge in [-0.15, -0.1) is 0 Å². The first-order valence-electron chi connectivity index (χ1n) is 7.09. The summed E-state index contributed by atoms with van der Waals surface area (Å²) in [4.78, 5) is 22.5. The highest BCUT2D eigenvalue weighted by Gasteiger charge is 2.15. The van der Waals surface area contributed by atoms with Crippen LogP contribution in [0.3, 0.4) is 0 Å². The summed E-state index contributed by atoms with van der Waals surface area (Å²) >= 11 is 0. The van der Waals surface area contributed by atoms with E-state index in [2.05, 4.69) is 0 Å². The monoisotopic (exact) mass is 318 g/mol. The van der Waals surface area contributed by atoms with Gasteiger partial charge in [0, 0.05) is 5.56 Å². The van der Waals surface area contributed by atoms with E-state index in [9.17, 15) is 9.59 Å². The smallest absolute Gasteiger partial charge is 0.374 e. The topological polar surface area (TPSA) is 75.0 Å². The Morgan fingerprint density at radius 3 is 2.65 bits per heavy atom. The molecule has 0 bridgehead atoms. The molecule has 0 aliphatic carbocycles. The number of carbonyl (C=O) groups excluding carboxylic acids is 2. The fourth-order valence-electron chi connectivity index (χ4n) is 1.86. The van der Waals surface area contributed by atoms with Crippen molar-refractivity contribution in [3.8, 4) is 11.5 Å². The number of ether oxygens (including phenoxy) is 3. The van der Waals surface area contributed by atoms with Crippen LogP contribution in [-0.4, -0.2) is 25.5 Å². The first-order chi connectivity index (χ1) is 11.0. The lowest BCUT2D eigenvalue weighted by Gasteiger charge is -2.10. The van der Waals surface area contributed by atoms with Crippen molar-refractivity contribution >= 4 is 12.3 Å². The van der Waals surface area contributed by atoms with Crippen LogP contribution in [-0.2, 0) is 11.3 Å². The van der Waals surface area contributed by atoms with Crippen LogP contribution in [0.4, 0.5) is 0 Å². The van der Waals surface area contributed by atoms with Crippen molar-refractivity contribution in [1.82, 2.24) is 0 Å². The second kappa shape index (κ2) is 7.49. The summed E-state index contributed by atoms with van der Waals surface area (Å²) in [7, 11) is 1.49. The molecule has 0 spiro atoms. The molecule has 0 aliphatic rings. The third kappa shape index (κ3) is 4.35. The third-order valence-corrected chi connectivity index (χ3v) is 2.90. The number of esters is 1. The Bertz CT molecular complexity index is 686. The molecule has 23 heavy (non-hydrogen) atoms. The Hall–Kier alpha value is -2.76. The second-order valence-corrected chi connectivity index (χ2v) is 5.04. The van der Waals surface area contributed by atoms with Crippen molar-refractivity contribution in [1.29, 1.82) is 0 Å². The zero-order chi connectivity index (χ0) is 16.8. The van der Waals surface area contributed by atoms with Crippen molar-refractivity contribution in [3.05, 3.63) is 47.4 Å². The van der Waals surface area contributed by atoms with E-state index >= 15 is 0 Å². The number of hydrogen-bond acceptors (Lipinski definition) is 6. The van der Waals surface area contributed by atoms with Gasteiger partial charge in [0.05, 0.1) is 13.2 Å². The summed E-state index contributed by atoms with van der Waals surface area (Å²) in [6, 6.07) is 8.02. The molecule has 6 heteroatoms. The van der Waals surface area contributed by atoms with Gasteiger partial charge in [-0.1, -0.05) is 0 Å². The van der Waals surface area contributed by atoms with Crippen molar-refractivity contribution in [3.63, 3.8) is 0 Å². The highest BCUT2D eigenvalue weighted by Crippen LogP contribution is 2.28. The predicted molar refractivity (Wildman–Crippen MR) is 82.0 cm³/mol. The number of methoxy groups -OCH3 is 1. The van der Waals surface area contributed by atoms with E-state index in [-0.39, 0.29) is 18.5 Å².